The molecule has 0 bridgehead atoms. The highest BCUT2D eigenvalue weighted by atomic mass is 16.7. The van der Waals surface area contributed by atoms with Gasteiger partial charge < -0.3 is 14.2 Å². The van der Waals surface area contributed by atoms with Crippen LogP contribution in [0.1, 0.15) is 39.0 Å². The van der Waals surface area contributed by atoms with E-state index in [1.54, 1.807) is 0 Å². The van der Waals surface area contributed by atoms with Crippen LogP contribution in [0.25, 0.3) is 0 Å². The summed E-state index contributed by atoms with van der Waals surface area (Å²) in [4.78, 5) is 11.1. The second kappa shape index (κ2) is 4.72. The van der Waals surface area contributed by atoms with Gasteiger partial charge in [-0.05, 0) is 19.8 Å². The van der Waals surface area contributed by atoms with Crippen LogP contribution in [-0.4, -0.2) is 31.6 Å². The van der Waals surface area contributed by atoms with E-state index in [9.17, 15) is 4.79 Å². The van der Waals surface area contributed by atoms with E-state index >= 15 is 0 Å². The quantitative estimate of drug-likeness (QED) is 0.692. The summed E-state index contributed by atoms with van der Waals surface area (Å²) in [5.74, 6) is -0.228. The minimum Gasteiger partial charge on any atom is -0.469 e. The molecule has 1 aliphatic heterocycles. The van der Waals surface area contributed by atoms with E-state index in [0.29, 0.717) is 18.9 Å². The summed E-state index contributed by atoms with van der Waals surface area (Å²) < 4.78 is 16.3. The third-order valence-corrected chi connectivity index (χ3v) is 3.68. The van der Waals surface area contributed by atoms with Gasteiger partial charge >= 0.3 is 5.97 Å². The molecule has 0 N–H and O–H groups in total. The van der Waals surface area contributed by atoms with E-state index in [-0.39, 0.29) is 12.1 Å². The Morgan fingerprint density at radius 3 is 2.75 bits per heavy atom. The molecule has 16 heavy (non-hydrogen) atoms. The van der Waals surface area contributed by atoms with Crippen LogP contribution in [0.15, 0.2) is 0 Å². The van der Waals surface area contributed by atoms with Gasteiger partial charge in [0.25, 0.3) is 0 Å². The molecule has 2 fully saturated rings. The number of hydrogen-bond donors (Lipinski definition) is 0. The van der Waals surface area contributed by atoms with Crippen molar-refractivity contribution < 1.29 is 19.0 Å². The number of ether oxygens (including phenoxy) is 3. The largest absolute Gasteiger partial charge is 0.469 e. The number of esters is 1. The van der Waals surface area contributed by atoms with Gasteiger partial charge in [0.15, 0.2) is 5.79 Å². The number of carbonyl (C=O) groups is 1. The summed E-state index contributed by atoms with van der Waals surface area (Å²) in [6.07, 6.45) is 5.00. The molecule has 0 aromatic rings. The second-order valence-electron chi connectivity index (χ2n) is 4.83. The summed E-state index contributed by atoms with van der Waals surface area (Å²) >= 11 is 0. The molecule has 92 valence electrons. The monoisotopic (exact) mass is 228 g/mol. The van der Waals surface area contributed by atoms with E-state index in [4.69, 9.17) is 9.47 Å². The van der Waals surface area contributed by atoms with Crippen LogP contribution >= 0.6 is 0 Å². The SMILES string of the molecule is COC(=O)CC1COC(C)(C2CCCC2)O1. The Hall–Kier alpha value is -0.610. The van der Waals surface area contributed by atoms with Gasteiger partial charge in [-0.15, -0.1) is 0 Å². The Bertz CT molecular complexity index is 260. The van der Waals surface area contributed by atoms with Crippen molar-refractivity contribution in [2.24, 2.45) is 5.92 Å². The molecule has 1 heterocycles. The lowest BCUT2D eigenvalue weighted by Crippen LogP contribution is -2.35. The van der Waals surface area contributed by atoms with Gasteiger partial charge in [-0.3, -0.25) is 4.79 Å². The molecule has 0 amide bonds. The van der Waals surface area contributed by atoms with E-state index in [0.717, 1.165) is 0 Å². The fraction of sp³-hybridized carbons (Fsp3) is 0.917. The maximum absolute atomic E-state index is 11.1. The van der Waals surface area contributed by atoms with Crippen molar-refractivity contribution >= 4 is 5.97 Å². The molecule has 0 radical (unpaired) electrons. The molecule has 2 aliphatic rings. The zero-order valence-corrected chi connectivity index (χ0v) is 10.0. The molecule has 1 saturated heterocycles. The topological polar surface area (TPSA) is 44.8 Å². The normalized spacial score (nSPS) is 35.5. The number of carbonyl (C=O) groups excluding carboxylic acids is 1. The third-order valence-electron chi connectivity index (χ3n) is 3.68. The average Bonchev–Trinajstić information content (AvgIpc) is 2.88. The summed E-state index contributed by atoms with van der Waals surface area (Å²) in [5.41, 5.74) is 0. The van der Waals surface area contributed by atoms with E-state index in [1.807, 2.05) is 6.92 Å². The van der Waals surface area contributed by atoms with E-state index in [2.05, 4.69) is 4.74 Å². The Labute approximate surface area is 96.2 Å². The molecule has 1 saturated carbocycles. The van der Waals surface area contributed by atoms with Crippen molar-refractivity contribution in [2.45, 2.75) is 50.9 Å². The van der Waals surface area contributed by atoms with Crippen LogP contribution in [0.4, 0.5) is 0 Å². The van der Waals surface area contributed by atoms with E-state index in [1.165, 1.54) is 32.8 Å². The minimum atomic E-state index is -0.477. The average molecular weight is 228 g/mol. The van der Waals surface area contributed by atoms with E-state index < -0.39 is 5.79 Å². The highest BCUT2D eigenvalue weighted by Crippen LogP contribution is 2.41. The summed E-state index contributed by atoms with van der Waals surface area (Å²) in [5, 5.41) is 0. The molecular formula is C12H20O4. The lowest BCUT2D eigenvalue weighted by Gasteiger charge is -2.29. The third kappa shape index (κ3) is 2.38. The van der Waals surface area contributed by atoms with Crippen molar-refractivity contribution in [3.63, 3.8) is 0 Å². The fourth-order valence-corrected chi connectivity index (χ4v) is 2.69. The first-order valence-corrected chi connectivity index (χ1v) is 6.02. The zero-order valence-electron chi connectivity index (χ0n) is 10.0. The van der Waals surface area contributed by atoms with Crippen LogP contribution in [0, 0.1) is 5.92 Å². The van der Waals surface area contributed by atoms with Gasteiger partial charge in [-0.25, -0.2) is 0 Å². The minimum absolute atomic E-state index is 0.141. The lowest BCUT2D eigenvalue weighted by atomic mass is 9.98. The molecule has 4 heteroatoms. The molecular weight excluding hydrogens is 208 g/mol. The maximum atomic E-state index is 11.1. The number of hydrogen-bond acceptors (Lipinski definition) is 4. The highest BCUT2D eigenvalue weighted by molar-refractivity contribution is 5.69. The first kappa shape index (κ1) is 11.9. The Morgan fingerprint density at radius 2 is 2.12 bits per heavy atom. The van der Waals surface area contributed by atoms with Gasteiger partial charge in [0.2, 0.25) is 0 Å². The molecule has 1 aliphatic carbocycles. The molecule has 0 aromatic heterocycles. The van der Waals surface area contributed by atoms with Crippen molar-refractivity contribution in [2.75, 3.05) is 13.7 Å². The first-order valence-electron chi connectivity index (χ1n) is 6.02. The number of rotatable bonds is 3. The zero-order chi connectivity index (χ0) is 11.6. The van der Waals surface area contributed by atoms with Gasteiger partial charge in [-0.2, -0.15) is 0 Å². The van der Waals surface area contributed by atoms with Crippen molar-refractivity contribution in [3.8, 4) is 0 Å². The summed E-state index contributed by atoms with van der Waals surface area (Å²) in [7, 11) is 1.40. The van der Waals surface area contributed by atoms with Crippen molar-refractivity contribution in [1.82, 2.24) is 0 Å². The second-order valence-corrected chi connectivity index (χ2v) is 4.83. The molecule has 0 aromatic carbocycles. The first-order chi connectivity index (χ1) is 7.64. The molecule has 2 rings (SSSR count). The lowest BCUT2D eigenvalue weighted by molar-refractivity contribution is -0.191. The standard InChI is InChI=1S/C12H20O4/c1-12(9-5-3-4-6-9)15-8-10(16-12)7-11(13)14-2/h9-10H,3-8H2,1-2H3. The van der Waals surface area contributed by atoms with Crippen molar-refractivity contribution in [3.05, 3.63) is 0 Å². The Morgan fingerprint density at radius 1 is 1.44 bits per heavy atom. The van der Waals surface area contributed by atoms with Gasteiger partial charge in [-0.1, -0.05) is 12.8 Å². The molecule has 4 nitrogen and oxygen atoms in total. The van der Waals surface area contributed by atoms with Crippen LogP contribution < -0.4 is 0 Å². The molecule has 2 atom stereocenters. The van der Waals surface area contributed by atoms with Gasteiger partial charge in [0.05, 0.1) is 26.2 Å². The number of methoxy groups -OCH3 is 1. The molecule has 2 unspecified atom stereocenters. The van der Waals surface area contributed by atoms with Crippen LogP contribution in [0.2, 0.25) is 0 Å². The van der Waals surface area contributed by atoms with Gasteiger partial charge in [0, 0.05) is 5.92 Å². The smallest absolute Gasteiger partial charge is 0.308 e. The predicted molar refractivity (Wildman–Crippen MR) is 57.8 cm³/mol. The van der Waals surface area contributed by atoms with Crippen molar-refractivity contribution in [1.29, 1.82) is 0 Å². The predicted octanol–water partition coefficient (Wildman–Crippen LogP) is 1.87. The fourth-order valence-electron chi connectivity index (χ4n) is 2.69. The Kier molecular flexibility index (Phi) is 3.50. The summed E-state index contributed by atoms with van der Waals surface area (Å²) in [6, 6.07) is 0. The van der Waals surface area contributed by atoms with Crippen LogP contribution in [0.3, 0.4) is 0 Å². The highest BCUT2D eigenvalue weighted by Gasteiger charge is 2.45. The van der Waals surface area contributed by atoms with Crippen LogP contribution in [-0.2, 0) is 19.0 Å². The van der Waals surface area contributed by atoms with Gasteiger partial charge in [0.1, 0.15) is 0 Å². The maximum Gasteiger partial charge on any atom is 0.308 e. The van der Waals surface area contributed by atoms with Crippen LogP contribution in [0.5, 0.6) is 0 Å². The Balaban J connectivity index is 1.88. The molecule has 0 spiro atoms. The summed E-state index contributed by atoms with van der Waals surface area (Å²) in [6.45, 7) is 2.50.